The standard InChI is InChI=1S/C18H22F3NO3/c1-12(2)11-22-16(23)8-6-5-7-13-9-14(18(19,20)21)17(25-4)15(10-13)24-3/h5-10,12H,11H2,1-4H3,(H,22,23). The summed E-state index contributed by atoms with van der Waals surface area (Å²) >= 11 is 0. The Morgan fingerprint density at radius 1 is 1.20 bits per heavy atom. The zero-order valence-electron chi connectivity index (χ0n) is 14.6. The van der Waals surface area contributed by atoms with Crippen molar-refractivity contribution < 1.29 is 27.4 Å². The van der Waals surface area contributed by atoms with Crippen LogP contribution in [0.2, 0.25) is 0 Å². The van der Waals surface area contributed by atoms with Gasteiger partial charge in [0.1, 0.15) is 5.56 Å². The molecule has 0 bridgehead atoms. The molecule has 0 heterocycles. The molecule has 0 saturated carbocycles. The van der Waals surface area contributed by atoms with Gasteiger partial charge in [-0.1, -0.05) is 32.1 Å². The normalized spacial score (nSPS) is 12.2. The van der Waals surface area contributed by atoms with Gasteiger partial charge in [-0.2, -0.15) is 13.2 Å². The zero-order chi connectivity index (χ0) is 19.0. The average molecular weight is 357 g/mol. The summed E-state index contributed by atoms with van der Waals surface area (Å²) in [7, 11) is 2.42. The highest BCUT2D eigenvalue weighted by atomic mass is 19.4. The summed E-state index contributed by atoms with van der Waals surface area (Å²) in [5, 5.41) is 2.70. The predicted molar refractivity (Wildman–Crippen MR) is 90.6 cm³/mol. The van der Waals surface area contributed by atoms with Gasteiger partial charge in [-0.15, -0.1) is 0 Å². The molecule has 0 aliphatic carbocycles. The quantitative estimate of drug-likeness (QED) is 0.591. The Balaban J connectivity index is 2.97. The molecule has 0 aromatic heterocycles. The number of hydrogen-bond donors (Lipinski definition) is 1. The summed E-state index contributed by atoms with van der Waals surface area (Å²) < 4.78 is 49.2. The second kappa shape index (κ2) is 9.15. The Morgan fingerprint density at radius 3 is 2.40 bits per heavy atom. The molecular formula is C18H22F3NO3. The lowest BCUT2D eigenvalue weighted by Gasteiger charge is -2.16. The van der Waals surface area contributed by atoms with Crippen LogP contribution in [0.15, 0.2) is 30.4 Å². The number of rotatable bonds is 7. The summed E-state index contributed by atoms with van der Waals surface area (Å²) in [6.45, 7) is 4.50. The third-order valence-electron chi connectivity index (χ3n) is 3.14. The fraction of sp³-hybridized carbons (Fsp3) is 0.389. The molecule has 0 fully saturated rings. The monoisotopic (exact) mass is 357 g/mol. The molecule has 0 aliphatic rings. The molecule has 138 valence electrons. The number of methoxy groups -OCH3 is 2. The van der Waals surface area contributed by atoms with Gasteiger partial charge in [0.15, 0.2) is 11.5 Å². The minimum absolute atomic E-state index is 0.0179. The highest BCUT2D eigenvalue weighted by Gasteiger charge is 2.36. The van der Waals surface area contributed by atoms with Crippen LogP contribution in [0.1, 0.15) is 25.0 Å². The first kappa shape index (κ1) is 20.6. The summed E-state index contributed by atoms with van der Waals surface area (Å²) in [6, 6.07) is 2.39. The van der Waals surface area contributed by atoms with E-state index in [1.165, 1.54) is 37.5 Å². The fourth-order valence-electron chi connectivity index (χ4n) is 1.97. The summed E-state index contributed by atoms with van der Waals surface area (Å²) in [4.78, 5) is 11.5. The minimum Gasteiger partial charge on any atom is -0.493 e. The van der Waals surface area contributed by atoms with E-state index in [-0.39, 0.29) is 23.0 Å². The number of amides is 1. The van der Waals surface area contributed by atoms with E-state index >= 15 is 0 Å². The molecule has 0 radical (unpaired) electrons. The molecule has 0 spiro atoms. The smallest absolute Gasteiger partial charge is 0.420 e. The third-order valence-corrected chi connectivity index (χ3v) is 3.14. The number of nitrogens with one attached hydrogen (secondary N) is 1. The Kier molecular flexibility index (Phi) is 7.54. The summed E-state index contributed by atoms with van der Waals surface area (Å²) in [5.74, 6) is -0.312. The lowest BCUT2D eigenvalue weighted by Crippen LogP contribution is -2.25. The Bertz CT molecular complexity index is 650. The summed E-state index contributed by atoms with van der Waals surface area (Å²) in [5.41, 5.74) is -0.648. The van der Waals surface area contributed by atoms with E-state index in [4.69, 9.17) is 9.47 Å². The van der Waals surface area contributed by atoms with Crippen molar-refractivity contribution in [2.24, 2.45) is 5.92 Å². The third kappa shape index (κ3) is 6.52. The van der Waals surface area contributed by atoms with Gasteiger partial charge in [-0.25, -0.2) is 0 Å². The average Bonchev–Trinajstić information content (AvgIpc) is 2.55. The van der Waals surface area contributed by atoms with Crippen LogP contribution >= 0.6 is 0 Å². The van der Waals surface area contributed by atoms with Crippen LogP contribution < -0.4 is 14.8 Å². The van der Waals surface area contributed by atoms with Crippen molar-refractivity contribution >= 4 is 12.0 Å². The molecule has 1 amide bonds. The molecule has 0 saturated heterocycles. The topological polar surface area (TPSA) is 47.6 Å². The van der Waals surface area contributed by atoms with E-state index in [1.54, 1.807) is 0 Å². The van der Waals surface area contributed by atoms with Gasteiger partial charge in [-0.05, 0) is 23.6 Å². The van der Waals surface area contributed by atoms with E-state index in [0.29, 0.717) is 12.5 Å². The molecule has 7 heteroatoms. The molecular weight excluding hydrogens is 335 g/mol. The van der Waals surface area contributed by atoms with Gasteiger partial charge < -0.3 is 14.8 Å². The minimum atomic E-state index is -4.57. The number of allylic oxidation sites excluding steroid dienone is 2. The van der Waals surface area contributed by atoms with Crippen molar-refractivity contribution in [3.8, 4) is 11.5 Å². The second-order valence-electron chi connectivity index (χ2n) is 5.66. The number of benzene rings is 1. The Labute approximate surface area is 145 Å². The first-order valence-electron chi connectivity index (χ1n) is 7.64. The van der Waals surface area contributed by atoms with Crippen LogP contribution in [0.5, 0.6) is 11.5 Å². The van der Waals surface area contributed by atoms with Crippen molar-refractivity contribution in [3.63, 3.8) is 0 Å². The Morgan fingerprint density at radius 2 is 1.88 bits per heavy atom. The summed E-state index contributed by atoms with van der Waals surface area (Å²) in [6.07, 6.45) is 1.12. The van der Waals surface area contributed by atoms with Crippen molar-refractivity contribution in [1.29, 1.82) is 0 Å². The largest absolute Gasteiger partial charge is 0.493 e. The van der Waals surface area contributed by atoms with Crippen molar-refractivity contribution in [2.45, 2.75) is 20.0 Å². The maximum atomic E-state index is 13.1. The molecule has 0 aliphatic heterocycles. The van der Waals surface area contributed by atoms with Crippen molar-refractivity contribution in [1.82, 2.24) is 5.32 Å². The molecule has 1 aromatic rings. The Hall–Kier alpha value is -2.44. The van der Waals surface area contributed by atoms with E-state index < -0.39 is 11.7 Å². The number of carbonyl (C=O) groups is 1. The van der Waals surface area contributed by atoms with E-state index in [0.717, 1.165) is 13.2 Å². The molecule has 25 heavy (non-hydrogen) atoms. The van der Waals surface area contributed by atoms with E-state index in [1.807, 2.05) is 13.8 Å². The molecule has 4 nitrogen and oxygen atoms in total. The van der Waals surface area contributed by atoms with Gasteiger partial charge >= 0.3 is 6.18 Å². The molecule has 0 atom stereocenters. The van der Waals surface area contributed by atoms with Crippen molar-refractivity contribution in [3.05, 3.63) is 41.5 Å². The first-order valence-corrected chi connectivity index (χ1v) is 7.64. The van der Waals surface area contributed by atoms with Crippen LogP contribution in [0.25, 0.3) is 6.08 Å². The van der Waals surface area contributed by atoms with Crippen LogP contribution in [0, 0.1) is 5.92 Å². The number of halogens is 3. The van der Waals surface area contributed by atoms with Crippen LogP contribution in [0.4, 0.5) is 13.2 Å². The highest BCUT2D eigenvalue weighted by molar-refractivity contribution is 5.87. The number of hydrogen-bond acceptors (Lipinski definition) is 3. The zero-order valence-corrected chi connectivity index (χ0v) is 14.6. The maximum absolute atomic E-state index is 13.1. The molecule has 1 rings (SSSR count). The molecule has 1 aromatic carbocycles. The number of alkyl halides is 3. The van der Waals surface area contributed by atoms with E-state index in [9.17, 15) is 18.0 Å². The second-order valence-corrected chi connectivity index (χ2v) is 5.66. The predicted octanol–water partition coefficient (Wildman–Crippen LogP) is 4.06. The number of ether oxygens (including phenoxy) is 2. The SMILES string of the molecule is COc1cc(C=CC=CC(=O)NCC(C)C)cc(C(F)(F)F)c1OC. The fourth-order valence-corrected chi connectivity index (χ4v) is 1.97. The van der Waals surface area contributed by atoms with Gasteiger partial charge in [0.2, 0.25) is 5.91 Å². The molecule has 0 unspecified atom stereocenters. The van der Waals surface area contributed by atoms with Crippen LogP contribution in [0.3, 0.4) is 0 Å². The van der Waals surface area contributed by atoms with Crippen LogP contribution in [-0.2, 0) is 11.0 Å². The maximum Gasteiger partial charge on any atom is 0.420 e. The lowest BCUT2D eigenvalue weighted by atomic mass is 10.1. The van der Waals surface area contributed by atoms with Gasteiger partial charge in [0, 0.05) is 12.6 Å². The van der Waals surface area contributed by atoms with Gasteiger partial charge in [0.05, 0.1) is 14.2 Å². The van der Waals surface area contributed by atoms with Gasteiger partial charge in [0.25, 0.3) is 0 Å². The highest BCUT2D eigenvalue weighted by Crippen LogP contribution is 2.42. The number of carbonyl (C=O) groups excluding carboxylic acids is 1. The lowest BCUT2D eigenvalue weighted by molar-refractivity contribution is -0.138. The van der Waals surface area contributed by atoms with Crippen LogP contribution in [-0.4, -0.2) is 26.7 Å². The first-order chi connectivity index (χ1) is 11.7. The van der Waals surface area contributed by atoms with E-state index in [2.05, 4.69) is 5.32 Å². The van der Waals surface area contributed by atoms with Crippen molar-refractivity contribution in [2.75, 3.05) is 20.8 Å². The molecule has 1 N–H and O–H groups in total. The van der Waals surface area contributed by atoms with Gasteiger partial charge in [-0.3, -0.25) is 4.79 Å².